The Kier molecular flexibility index (Phi) is 2.96. The van der Waals surface area contributed by atoms with Gasteiger partial charge in [0.1, 0.15) is 5.75 Å². The van der Waals surface area contributed by atoms with Crippen molar-refractivity contribution in [2.24, 2.45) is 5.92 Å². The lowest BCUT2D eigenvalue weighted by Gasteiger charge is -2.15. The Labute approximate surface area is 91.6 Å². The molecule has 1 N–H and O–H groups in total. The minimum absolute atomic E-state index is 0.486. The fraction of sp³-hybridized carbons (Fsp3) is 0.538. The van der Waals surface area contributed by atoms with Gasteiger partial charge in [-0.15, -0.1) is 0 Å². The van der Waals surface area contributed by atoms with Gasteiger partial charge in [-0.2, -0.15) is 0 Å². The summed E-state index contributed by atoms with van der Waals surface area (Å²) < 4.78 is 5.53. The Bertz CT molecular complexity index is 348. The molecule has 0 saturated carbocycles. The second-order valence-electron chi connectivity index (χ2n) is 4.24. The summed E-state index contributed by atoms with van der Waals surface area (Å²) >= 11 is 0. The molecule has 2 atom stereocenters. The van der Waals surface area contributed by atoms with E-state index in [1.807, 2.05) is 14.0 Å². The van der Waals surface area contributed by atoms with E-state index in [1.54, 1.807) is 0 Å². The molecule has 0 aliphatic heterocycles. The highest BCUT2D eigenvalue weighted by molar-refractivity contribution is 5.41. The number of hydrogen-bond acceptors (Lipinski definition) is 2. The Balaban J connectivity index is 2.31. The zero-order valence-corrected chi connectivity index (χ0v) is 9.71. The molecule has 0 radical (unpaired) electrons. The lowest BCUT2D eigenvalue weighted by molar-refractivity contribution is 0.339. The molecule has 0 aromatic heterocycles. The number of ether oxygens (including phenoxy) is 1. The second-order valence-corrected chi connectivity index (χ2v) is 4.24. The van der Waals surface area contributed by atoms with E-state index in [-0.39, 0.29) is 0 Å². The molecule has 2 heteroatoms. The van der Waals surface area contributed by atoms with Crippen molar-refractivity contribution < 1.29 is 4.74 Å². The van der Waals surface area contributed by atoms with Gasteiger partial charge in [-0.1, -0.05) is 13.0 Å². The smallest absolute Gasteiger partial charge is 0.119 e. The van der Waals surface area contributed by atoms with E-state index in [0.29, 0.717) is 12.0 Å². The van der Waals surface area contributed by atoms with Gasteiger partial charge in [0.15, 0.2) is 0 Å². The van der Waals surface area contributed by atoms with Gasteiger partial charge in [-0.3, -0.25) is 0 Å². The van der Waals surface area contributed by atoms with Crippen LogP contribution >= 0.6 is 0 Å². The monoisotopic (exact) mass is 205 g/mol. The van der Waals surface area contributed by atoms with Crippen LogP contribution in [-0.2, 0) is 6.42 Å². The fourth-order valence-corrected chi connectivity index (χ4v) is 2.52. The zero-order chi connectivity index (χ0) is 10.8. The summed E-state index contributed by atoms with van der Waals surface area (Å²) in [5.74, 6) is 1.67. The van der Waals surface area contributed by atoms with Gasteiger partial charge in [0, 0.05) is 6.04 Å². The first-order valence-electron chi connectivity index (χ1n) is 5.69. The minimum atomic E-state index is 0.486. The van der Waals surface area contributed by atoms with Gasteiger partial charge in [0.2, 0.25) is 0 Å². The van der Waals surface area contributed by atoms with Crippen molar-refractivity contribution in [3.8, 4) is 5.75 Å². The summed E-state index contributed by atoms with van der Waals surface area (Å²) in [6.07, 6.45) is 1.17. The van der Waals surface area contributed by atoms with Crippen molar-refractivity contribution in [2.45, 2.75) is 26.3 Å². The van der Waals surface area contributed by atoms with E-state index >= 15 is 0 Å². The summed E-state index contributed by atoms with van der Waals surface area (Å²) in [7, 11) is 2.03. The predicted molar refractivity (Wildman–Crippen MR) is 62.3 cm³/mol. The molecule has 1 aliphatic rings. The summed E-state index contributed by atoms with van der Waals surface area (Å²) in [4.78, 5) is 0. The molecule has 0 amide bonds. The predicted octanol–water partition coefficient (Wildman–Crippen LogP) is 2.54. The molecule has 2 rings (SSSR count). The molecule has 0 spiro atoms. The number of benzene rings is 1. The van der Waals surface area contributed by atoms with E-state index in [2.05, 4.69) is 30.4 Å². The Morgan fingerprint density at radius 1 is 1.47 bits per heavy atom. The number of fused-ring (bicyclic) bond motifs is 1. The van der Waals surface area contributed by atoms with Crippen LogP contribution in [0.1, 0.15) is 31.0 Å². The highest BCUT2D eigenvalue weighted by atomic mass is 16.5. The van der Waals surface area contributed by atoms with Crippen molar-refractivity contribution in [2.75, 3.05) is 13.7 Å². The van der Waals surface area contributed by atoms with Crippen LogP contribution in [0.25, 0.3) is 0 Å². The maximum Gasteiger partial charge on any atom is 0.119 e. The van der Waals surface area contributed by atoms with Crippen LogP contribution in [0, 0.1) is 5.92 Å². The Hall–Kier alpha value is -1.02. The maximum absolute atomic E-state index is 5.53. The van der Waals surface area contributed by atoms with Crippen molar-refractivity contribution in [3.05, 3.63) is 29.3 Å². The largest absolute Gasteiger partial charge is 0.494 e. The molecule has 2 unspecified atom stereocenters. The average molecular weight is 205 g/mol. The Morgan fingerprint density at radius 3 is 2.93 bits per heavy atom. The topological polar surface area (TPSA) is 21.3 Å². The van der Waals surface area contributed by atoms with Crippen LogP contribution in [0.3, 0.4) is 0 Å². The fourth-order valence-electron chi connectivity index (χ4n) is 2.52. The highest BCUT2D eigenvalue weighted by Gasteiger charge is 2.28. The third-order valence-electron chi connectivity index (χ3n) is 3.19. The molecule has 1 aromatic carbocycles. The average Bonchev–Trinajstić information content (AvgIpc) is 2.53. The van der Waals surface area contributed by atoms with Gasteiger partial charge in [-0.25, -0.2) is 0 Å². The van der Waals surface area contributed by atoms with Gasteiger partial charge in [-0.05, 0) is 49.6 Å². The van der Waals surface area contributed by atoms with Crippen LogP contribution in [0.2, 0.25) is 0 Å². The molecule has 1 aliphatic carbocycles. The van der Waals surface area contributed by atoms with Gasteiger partial charge < -0.3 is 10.1 Å². The summed E-state index contributed by atoms with van der Waals surface area (Å²) in [5, 5.41) is 3.38. The summed E-state index contributed by atoms with van der Waals surface area (Å²) in [6.45, 7) is 5.05. The van der Waals surface area contributed by atoms with Crippen molar-refractivity contribution in [3.63, 3.8) is 0 Å². The Morgan fingerprint density at radius 2 is 2.27 bits per heavy atom. The first kappa shape index (κ1) is 10.5. The first-order valence-corrected chi connectivity index (χ1v) is 5.69. The third-order valence-corrected chi connectivity index (χ3v) is 3.19. The molecule has 15 heavy (non-hydrogen) atoms. The first-order chi connectivity index (χ1) is 7.26. The van der Waals surface area contributed by atoms with Crippen molar-refractivity contribution in [1.29, 1.82) is 0 Å². The van der Waals surface area contributed by atoms with Crippen LogP contribution in [0.5, 0.6) is 5.75 Å². The van der Waals surface area contributed by atoms with E-state index in [9.17, 15) is 0 Å². The molecule has 1 aromatic rings. The van der Waals surface area contributed by atoms with E-state index < -0.39 is 0 Å². The third kappa shape index (κ3) is 1.86. The number of nitrogens with one attached hydrogen (secondary N) is 1. The number of hydrogen-bond donors (Lipinski definition) is 1. The van der Waals surface area contributed by atoms with Gasteiger partial charge >= 0.3 is 0 Å². The molecule has 82 valence electrons. The molecular formula is C13H19NO. The standard InChI is InChI=1S/C13H19NO/c1-4-15-11-6-5-10-7-9(2)13(14-3)12(10)8-11/h5-6,8-9,13-14H,4,7H2,1-3H3. The quantitative estimate of drug-likeness (QED) is 0.818. The molecule has 2 nitrogen and oxygen atoms in total. The van der Waals surface area contributed by atoms with E-state index in [4.69, 9.17) is 4.74 Å². The van der Waals surface area contributed by atoms with E-state index in [1.165, 1.54) is 17.5 Å². The molecule has 0 bridgehead atoms. The summed E-state index contributed by atoms with van der Waals surface area (Å²) in [5.41, 5.74) is 2.88. The van der Waals surface area contributed by atoms with E-state index in [0.717, 1.165) is 12.4 Å². The molecule has 0 heterocycles. The maximum atomic E-state index is 5.53. The van der Waals surface area contributed by atoms with Crippen LogP contribution in [0.4, 0.5) is 0 Å². The molecular weight excluding hydrogens is 186 g/mol. The van der Waals surface area contributed by atoms with Crippen molar-refractivity contribution >= 4 is 0 Å². The second kappa shape index (κ2) is 4.23. The van der Waals surface area contributed by atoms with Gasteiger partial charge in [0.25, 0.3) is 0 Å². The van der Waals surface area contributed by atoms with Gasteiger partial charge in [0.05, 0.1) is 6.61 Å². The number of rotatable bonds is 3. The molecule has 0 saturated heterocycles. The lowest BCUT2D eigenvalue weighted by atomic mass is 10.0. The normalized spacial score (nSPS) is 23.9. The molecule has 0 fully saturated rings. The van der Waals surface area contributed by atoms with Crippen LogP contribution in [0.15, 0.2) is 18.2 Å². The van der Waals surface area contributed by atoms with Crippen LogP contribution in [-0.4, -0.2) is 13.7 Å². The minimum Gasteiger partial charge on any atom is -0.494 e. The van der Waals surface area contributed by atoms with Crippen LogP contribution < -0.4 is 10.1 Å². The zero-order valence-electron chi connectivity index (χ0n) is 9.71. The SMILES string of the molecule is CCOc1ccc2c(c1)C(NC)C(C)C2. The highest BCUT2D eigenvalue weighted by Crippen LogP contribution is 2.37. The lowest BCUT2D eigenvalue weighted by Crippen LogP contribution is -2.19. The van der Waals surface area contributed by atoms with Crippen molar-refractivity contribution in [1.82, 2.24) is 5.32 Å². The summed E-state index contributed by atoms with van der Waals surface area (Å²) in [6, 6.07) is 6.95.